The first kappa shape index (κ1) is 12.1. The molecule has 100 valence electrons. The zero-order valence-electron chi connectivity index (χ0n) is 10.5. The lowest BCUT2D eigenvalue weighted by Gasteiger charge is -2.37. The fourth-order valence-corrected chi connectivity index (χ4v) is 1.93. The highest BCUT2D eigenvalue weighted by Gasteiger charge is 2.31. The van der Waals surface area contributed by atoms with E-state index >= 15 is 0 Å². The molecule has 3 rings (SSSR count). The van der Waals surface area contributed by atoms with Crippen molar-refractivity contribution in [2.24, 2.45) is 0 Å². The van der Waals surface area contributed by atoms with Crippen LogP contribution in [0.5, 0.6) is 0 Å². The van der Waals surface area contributed by atoms with Gasteiger partial charge in [0.2, 0.25) is 0 Å². The number of hydrogen-bond acceptors (Lipinski definition) is 4. The standard InChI is InChI=1S/C13H14N2O4/c1-9-8-19-15(9)13(17)11-4-2-10(3-5-11)12(16)14-6-7-18-14/h2-5,9H,6-8H2,1H3. The van der Waals surface area contributed by atoms with E-state index in [1.54, 1.807) is 24.3 Å². The first-order chi connectivity index (χ1) is 9.16. The minimum absolute atomic E-state index is 0.100. The smallest absolute Gasteiger partial charge is 0.269 e. The summed E-state index contributed by atoms with van der Waals surface area (Å²) >= 11 is 0. The minimum Gasteiger partial charge on any atom is -0.269 e. The second-order valence-electron chi connectivity index (χ2n) is 4.59. The molecule has 1 unspecified atom stereocenters. The van der Waals surface area contributed by atoms with Crippen molar-refractivity contribution in [3.63, 3.8) is 0 Å². The van der Waals surface area contributed by atoms with Crippen molar-refractivity contribution in [3.05, 3.63) is 35.4 Å². The Kier molecular flexibility index (Phi) is 2.96. The van der Waals surface area contributed by atoms with Crippen molar-refractivity contribution < 1.29 is 19.3 Å². The second kappa shape index (κ2) is 4.64. The van der Waals surface area contributed by atoms with Gasteiger partial charge in [0.1, 0.15) is 0 Å². The SMILES string of the molecule is CC1CON1C(=O)c1ccc(C(=O)N2CCO2)cc1. The molecule has 2 amide bonds. The maximum atomic E-state index is 12.0. The first-order valence-electron chi connectivity index (χ1n) is 6.18. The van der Waals surface area contributed by atoms with Crippen LogP contribution in [0.25, 0.3) is 0 Å². The Morgan fingerprint density at radius 1 is 1.11 bits per heavy atom. The molecule has 0 N–H and O–H groups in total. The van der Waals surface area contributed by atoms with Crippen LogP contribution >= 0.6 is 0 Å². The molecular weight excluding hydrogens is 248 g/mol. The number of hydrogen-bond donors (Lipinski definition) is 0. The molecule has 0 spiro atoms. The van der Waals surface area contributed by atoms with Crippen LogP contribution in [0.4, 0.5) is 0 Å². The molecule has 6 nitrogen and oxygen atoms in total. The molecule has 1 aromatic rings. The molecule has 2 aliphatic rings. The Labute approximate surface area is 110 Å². The van der Waals surface area contributed by atoms with Crippen molar-refractivity contribution in [1.82, 2.24) is 10.1 Å². The Hall–Kier alpha value is -1.92. The number of nitrogens with zero attached hydrogens (tertiary/aromatic N) is 2. The van der Waals surface area contributed by atoms with Crippen LogP contribution in [0.1, 0.15) is 27.6 Å². The van der Waals surface area contributed by atoms with Crippen molar-refractivity contribution >= 4 is 11.8 Å². The number of hydroxylamine groups is 4. The lowest BCUT2D eigenvalue weighted by Crippen LogP contribution is -2.51. The zero-order chi connectivity index (χ0) is 13.4. The van der Waals surface area contributed by atoms with Gasteiger partial charge < -0.3 is 0 Å². The molecule has 0 bridgehead atoms. The van der Waals surface area contributed by atoms with Gasteiger partial charge in [0, 0.05) is 11.1 Å². The van der Waals surface area contributed by atoms with Gasteiger partial charge in [-0.2, -0.15) is 0 Å². The Balaban J connectivity index is 1.71. The van der Waals surface area contributed by atoms with Crippen molar-refractivity contribution in [2.75, 3.05) is 19.8 Å². The minimum atomic E-state index is -0.182. The van der Waals surface area contributed by atoms with Gasteiger partial charge in [-0.15, -0.1) is 0 Å². The number of benzene rings is 1. The Bertz CT molecular complexity index is 510. The quantitative estimate of drug-likeness (QED) is 0.792. The number of carbonyl (C=O) groups excluding carboxylic acids is 2. The van der Waals surface area contributed by atoms with E-state index in [4.69, 9.17) is 9.68 Å². The third-order valence-electron chi connectivity index (χ3n) is 3.20. The molecule has 2 saturated heterocycles. The second-order valence-corrected chi connectivity index (χ2v) is 4.59. The summed E-state index contributed by atoms with van der Waals surface area (Å²) < 4.78 is 0. The highest BCUT2D eigenvalue weighted by Crippen LogP contribution is 2.18. The number of carbonyl (C=O) groups is 2. The molecule has 2 fully saturated rings. The monoisotopic (exact) mass is 262 g/mol. The van der Waals surface area contributed by atoms with Crippen LogP contribution in [0.15, 0.2) is 24.3 Å². The molecule has 0 saturated carbocycles. The van der Waals surface area contributed by atoms with E-state index in [0.29, 0.717) is 30.9 Å². The van der Waals surface area contributed by atoms with Gasteiger partial charge in [-0.1, -0.05) is 0 Å². The van der Waals surface area contributed by atoms with E-state index in [9.17, 15) is 9.59 Å². The molecule has 1 atom stereocenters. The first-order valence-corrected chi connectivity index (χ1v) is 6.18. The molecule has 2 aliphatic heterocycles. The number of rotatable bonds is 2. The summed E-state index contributed by atoms with van der Waals surface area (Å²) in [7, 11) is 0. The predicted octanol–water partition coefficient (Wildman–Crippen LogP) is 0.850. The van der Waals surface area contributed by atoms with Crippen molar-refractivity contribution in [2.45, 2.75) is 13.0 Å². The fourth-order valence-electron chi connectivity index (χ4n) is 1.93. The summed E-state index contributed by atoms with van der Waals surface area (Å²) in [6.07, 6.45) is 0. The Morgan fingerprint density at radius 2 is 1.68 bits per heavy atom. The summed E-state index contributed by atoms with van der Waals surface area (Å²) in [5.41, 5.74) is 1.02. The van der Waals surface area contributed by atoms with Gasteiger partial charge in [-0.05, 0) is 31.2 Å². The topological polar surface area (TPSA) is 59.1 Å². The van der Waals surface area contributed by atoms with Gasteiger partial charge in [0.25, 0.3) is 11.8 Å². The Morgan fingerprint density at radius 3 is 2.05 bits per heavy atom. The molecule has 6 heteroatoms. The van der Waals surface area contributed by atoms with Gasteiger partial charge in [-0.25, -0.2) is 10.1 Å². The summed E-state index contributed by atoms with van der Waals surface area (Å²) in [4.78, 5) is 33.9. The van der Waals surface area contributed by atoms with E-state index in [-0.39, 0.29) is 17.9 Å². The fraction of sp³-hybridized carbons (Fsp3) is 0.385. The van der Waals surface area contributed by atoms with E-state index in [1.807, 2.05) is 6.92 Å². The average molecular weight is 262 g/mol. The largest absolute Gasteiger partial charge is 0.277 e. The van der Waals surface area contributed by atoms with Crippen molar-refractivity contribution in [1.29, 1.82) is 0 Å². The third-order valence-corrected chi connectivity index (χ3v) is 3.20. The lowest BCUT2D eigenvalue weighted by atomic mass is 10.1. The van der Waals surface area contributed by atoms with Gasteiger partial charge in [0.05, 0.1) is 25.8 Å². The van der Waals surface area contributed by atoms with Gasteiger partial charge in [-0.3, -0.25) is 19.3 Å². The van der Waals surface area contributed by atoms with Crippen LogP contribution in [0.3, 0.4) is 0 Å². The summed E-state index contributed by atoms with van der Waals surface area (Å²) in [5.74, 6) is -0.364. The average Bonchev–Trinajstić information content (AvgIpc) is 2.35. The normalized spacial score (nSPS) is 21.6. The summed E-state index contributed by atoms with van der Waals surface area (Å²) in [6, 6.07) is 6.61. The molecule has 19 heavy (non-hydrogen) atoms. The molecule has 2 heterocycles. The molecule has 0 radical (unpaired) electrons. The van der Waals surface area contributed by atoms with Crippen LogP contribution in [-0.4, -0.2) is 47.7 Å². The van der Waals surface area contributed by atoms with Gasteiger partial charge >= 0.3 is 0 Å². The lowest BCUT2D eigenvalue weighted by molar-refractivity contribution is -0.244. The van der Waals surface area contributed by atoms with E-state index in [0.717, 1.165) is 0 Å². The molecular formula is C13H14N2O4. The maximum Gasteiger partial charge on any atom is 0.277 e. The van der Waals surface area contributed by atoms with Crippen LogP contribution in [-0.2, 0) is 9.68 Å². The number of amides is 2. The van der Waals surface area contributed by atoms with Crippen molar-refractivity contribution in [3.8, 4) is 0 Å². The highest BCUT2D eigenvalue weighted by atomic mass is 16.7. The van der Waals surface area contributed by atoms with E-state index in [1.165, 1.54) is 10.1 Å². The summed E-state index contributed by atoms with van der Waals surface area (Å²) in [5, 5.41) is 2.65. The molecule has 0 aromatic heterocycles. The van der Waals surface area contributed by atoms with Gasteiger partial charge in [0.15, 0.2) is 0 Å². The summed E-state index contributed by atoms with van der Waals surface area (Å²) in [6.45, 7) is 3.67. The third kappa shape index (κ3) is 2.09. The zero-order valence-corrected chi connectivity index (χ0v) is 10.5. The van der Waals surface area contributed by atoms with E-state index in [2.05, 4.69) is 0 Å². The van der Waals surface area contributed by atoms with Crippen LogP contribution < -0.4 is 0 Å². The van der Waals surface area contributed by atoms with Crippen LogP contribution in [0.2, 0.25) is 0 Å². The highest BCUT2D eigenvalue weighted by molar-refractivity contribution is 5.97. The van der Waals surface area contributed by atoms with E-state index < -0.39 is 0 Å². The maximum absolute atomic E-state index is 12.0. The predicted molar refractivity (Wildman–Crippen MR) is 65.0 cm³/mol. The molecule has 1 aromatic carbocycles. The van der Waals surface area contributed by atoms with Crippen LogP contribution in [0, 0.1) is 0 Å². The molecule has 0 aliphatic carbocycles.